The number of nitrogens with one attached hydrogen (secondary N) is 2. The molecule has 0 bridgehead atoms. The Morgan fingerprint density at radius 1 is 1.28 bits per heavy atom. The highest BCUT2D eigenvalue weighted by Gasteiger charge is 2.16. The van der Waals surface area contributed by atoms with E-state index in [0.29, 0.717) is 6.04 Å². The summed E-state index contributed by atoms with van der Waals surface area (Å²) in [4.78, 5) is 2.41. The zero-order valence-electron chi connectivity index (χ0n) is 11.8. The summed E-state index contributed by atoms with van der Waals surface area (Å²) >= 11 is 0. The molecular formula is C15H25N3. The maximum atomic E-state index is 3.71. The number of anilines is 1. The van der Waals surface area contributed by atoms with Gasteiger partial charge in [-0.3, -0.25) is 0 Å². The van der Waals surface area contributed by atoms with E-state index in [2.05, 4.69) is 47.7 Å². The molecule has 0 aliphatic carbocycles. The molecule has 0 saturated carbocycles. The minimum absolute atomic E-state index is 0.629. The molecule has 18 heavy (non-hydrogen) atoms. The Hall–Kier alpha value is -1.06. The molecule has 3 nitrogen and oxygen atoms in total. The van der Waals surface area contributed by atoms with Crippen molar-refractivity contribution in [2.24, 2.45) is 0 Å². The molecule has 0 spiro atoms. The lowest BCUT2D eigenvalue weighted by atomic mass is 10.0. The topological polar surface area (TPSA) is 27.3 Å². The monoisotopic (exact) mass is 247 g/mol. The number of nitrogens with zero attached hydrogens (tertiary/aromatic N) is 1. The lowest BCUT2D eigenvalue weighted by Crippen LogP contribution is -2.36. The van der Waals surface area contributed by atoms with Crippen molar-refractivity contribution in [1.82, 2.24) is 10.2 Å². The first-order chi connectivity index (χ1) is 8.69. The third-order valence-electron chi connectivity index (χ3n) is 3.76. The average Bonchev–Trinajstić information content (AvgIpc) is 2.36. The quantitative estimate of drug-likeness (QED) is 0.854. The summed E-state index contributed by atoms with van der Waals surface area (Å²) in [5.41, 5.74) is 3.99. The Labute approximate surface area is 111 Å². The second-order valence-corrected chi connectivity index (χ2v) is 5.40. The van der Waals surface area contributed by atoms with Gasteiger partial charge in [0.1, 0.15) is 0 Å². The minimum Gasteiger partial charge on any atom is -0.382 e. The average molecular weight is 247 g/mol. The second-order valence-electron chi connectivity index (χ2n) is 5.40. The molecule has 0 amide bonds. The molecule has 1 heterocycles. The molecule has 1 aliphatic heterocycles. The summed E-state index contributed by atoms with van der Waals surface area (Å²) in [7, 11) is 4.19. The van der Waals surface area contributed by atoms with E-state index in [1.165, 1.54) is 42.7 Å². The van der Waals surface area contributed by atoms with Gasteiger partial charge in [0.15, 0.2) is 0 Å². The highest BCUT2D eigenvalue weighted by Crippen LogP contribution is 2.21. The molecule has 100 valence electrons. The van der Waals surface area contributed by atoms with Gasteiger partial charge in [0.05, 0.1) is 0 Å². The molecule has 1 aromatic rings. The van der Waals surface area contributed by atoms with Gasteiger partial charge >= 0.3 is 0 Å². The highest BCUT2D eigenvalue weighted by atomic mass is 15.1. The van der Waals surface area contributed by atoms with Crippen molar-refractivity contribution in [3.63, 3.8) is 0 Å². The van der Waals surface area contributed by atoms with E-state index in [0.717, 1.165) is 6.54 Å². The fourth-order valence-electron chi connectivity index (χ4n) is 2.51. The van der Waals surface area contributed by atoms with E-state index < -0.39 is 0 Å². The van der Waals surface area contributed by atoms with E-state index in [-0.39, 0.29) is 0 Å². The van der Waals surface area contributed by atoms with Crippen LogP contribution in [0.3, 0.4) is 0 Å². The first-order valence-corrected chi connectivity index (χ1v) is 6.88. The number of hydrogen-bond acceptors (Lipinski definition) is 3. The van der Waals surface area contributed by atoms with E-state index in [4.69, 9.17) is 0 Å². The van der Waals surface area contributed by atoms with Gasteiger partial charge in [-0.1, -0.05) is 12.1 Å². The highest BCUT2D eigenvalue weighted by molar-refractivity contribution is 5.53. The van der Waals surface area contributed by atoms with E-state index in [1.54, 1.807) is 0 Å². The summed E-state index contributed by atoms with van der Waals surface area (Å²) in [6, 6.07) is 7.32. The van der Waals surface area contributed by atoms with Crippen LogP contribution in [0, 0.1) is 6.92 Å². The van der Waals surface area contributed by atoms with Crippen molar-refractivity contribution in [1.29, 1.82) is 0 Å². The van der Waals surface area contributed by atoms with Crippen LogP contribution in [0.4, 0.5) is 5.69 Å². The SMILES string of the molecule is CNCc1ccc(C)c(NC2CCN(C)CC2)c1. The number of piperidine rings is 1. The van der Waals surface area contributed by atoms with Gasteiger partial charge in [0.25, 0.3) is 0 Å². The number of benzene rings is 1. The summed E-state index contributed by atoms with van der Waals surface area (Å²) in [6.07, 6.45) is 2.48. The minimum atomic E-state index is 0.629. The van der Waals surface area contributed by atoms with Crippen molar-refractivity contribution >= 4 is 5.69 Å². The van der Waals surface area contributed by atoms with Crippen LogP contribution in [0.15, 0.2) is 18.2 Å². The smallest absolute Gasteiger partial charge is 0.0375 e. The molecule has 0 radical (unpaired) electrons. The molecular weight excluding hydrogens is 222 g/mol. The van der Waals surface area contributed by atoms with E-state index in [1.807, 2.05) is 7.05 Å². The van der Waals surface area contributed by atoms with Crippen molar-refractivity contribution in [3.8, 4) is 0 Å². The van der Waals surface area contributed by atoms with Gasteiger partial charge in [0.2, 0.25) is 0 Å². The van der Waals surface area contributed by atoms with Crippen molar-refractivity contribution in [2.75, 3.05) is 32.5 Å². The first kappa shape index (κ1) is 13.4. The van der Waals surface area contributed by atoms with Crippen LogP contribution in [0.1, 0.15) is 24.0 Å². The summed E-state index contributed by atoms with van der Waals surface area (Å²) in [5.74, 6) is 0. The molecule has 2 rings (SSSR count). The van der Waals surface area contributed by atoms with Gasteiger partial charge in [-0.25, -0.2) is 0 Å². The first-order valence-electron chi connectivity index (χ1n) is 6.88. The molecule has 2 N–H and O–H groups in total. The molecule has 1 aromatic carbocycles. The molecule has 0 atom stereocenters. The molecule has 1 saturated heterocycles. The second kappa shape index (κ2) is 6.21. The van der Waals surface area contributed by atoms with Crippen molar-refractivity contribution < 1.29 is 0 Å². The van der Waals surface area contributed by atoms with Crippen LogP contribution in [0.5, 0.6) is 0 Å². The van der Waals surface area contributed by atoms with Crippen LogP contribution in [-0.2, 0) is 6.54 Å². The summed E-state index contributed by atoms with van der Waals surface area (Å²) in [5, 5.41) is 6.92. The molecule has 1 fully saturated rings. The third-order valence-corrected chi connectivity index (χ3v) is 3.76. The van der Waals surface area contributed by atoms with Gasteiger partial charge in [-0.15, -0.1) is 0 Å². The fourth-order valence-corrected chi connectivity index (χ4v) is 2.51. The zero-order valence-corrected chi connectivity index (χ0v) is 11.8. The van der Waals surface area contributed by atoms with Crippen LogP contribution in [0.2, 0.25) is 0 Å². The van der Waals surface area contributed by atoms with Crippen LogP contribution in [-0.4, -0.2) is 38.1 Å². The van der Waals surface area contributed by atoms with Crippen LogP contribution >= 0.6 is 0 Å². The zero-order chi connectivity index (χ0) is 13.0. The number of hydrogen-bond donors (Lipinski definition) is 2. The number of aryl methyl sites for hydroxylation is 1. The Morgan fingerprint density at radius 2 is 2.00 bits per heavy atom. The largest absolute Gasteiger partial charge is 0.382 e. The molecule has 3 heteroatoms. The lowest BCUT2D eigenvalue weighted by molar-refractivity contribution is 0.264. The Morgan fingerprint density at radius 3 is 2.67 bits per heavy atom. The van der Waals surface area contributed by atoms with E-state index >= 15 is 0 Å². The van der Waals surface area contributed by atoms with Crippen molar-refractivity contribution in [2.45, 2.75) is 32.4 Å². The van der Waals surface area contributed by atoms with E-state index in [9.17, 15) is 0 Å². The Balaban J connectivity index is 2.01. The predicted octanol–water partition coefficient (Wildman–Crippen LogP) is 2.22. The summed E-state index contributed by atoms with van der Waals surface area (Å²) < 4.78 is 0. The molecule has 0 unspecified atom stereocenters. The lowest BCUT2D eigenvalue weighted by Gasteiger charge is -2.30. The van der Waals surface area contributed by atoms with Crippen LogP contribution < -0.4 is 10.6 Å². The Bertz CT molecular complexity index is 381. The normalized spacial score (nSPS) is 17.9. The standard InChI is InChI=1S/C15H25N3/c1-12-4-5-13(11-16-2)10-15(12)17-14-6-8-18(3)9-7-14/h4-5,10,14,16-17H,6-9,11H2,1-3H3. The summed E-state index contributed by atoms with van der Waals surface area (Å²) in [6.45, 7) is 5.52. The number of rotatable bonds is 4. The molecule has 0 aromatic heterocycles. The maximum Gasteiger partial charge on any atom is 0.0375 e. The van der Waals surface area contributed by atoms with Crippen LogP contribution in [0.25, 0.3) is 0 Å². The third kappa shape index (κ3) is 3.47. The number of likely N-dealkylation sites (tertiary alicyclic amines) is 1. The van der Waals surface area contributed by atoms with Gasteiger partial charge in [0, 0.05) is 18.3 Å². The maximum absolute atomic E-state index is 3.71. The predicted molar refractivity (Wildman–Crippen MR) is 78.1 cm³/mol. The van der Waals surface area contributed by atoms with Crippen molar-refractivity contribution in [3.05, 3.63) is 29.3 Å². The molecule has 1 aliphatic rings. The fraction of sp³-hybridized carbons (Fsp3) is 0.600. The van der Waals surface area contributed by atoms with Gasteiger partial charge in [-0.05, 0) is 64.1 Å². The van der Waals surface area contributed by atoms with Gasteiger partial charge < -0.3 is 15.5 Å². The Kier molecular flexibility index (Phi) is 4.61. The van der Waals surface area contributed by atoms with Gasteiger partial charge in [-0.2, -0.15) is 0 Å².